The number of aryl methyl sites for hydroxylation is 1. The van der Waals surface area contributed by atoms with Gasteiger partial charge in [-0.2, -0.15) is 0 Å². The van der Waals surface area contributed by atoms with Crippen LogP contribution in [0.3, 0.4) is 0 Å². The van der Waals surface area contributed by atoms with Crippen LogP contribution in [0, 0.1) is 6.92 Å². The van der Waals surface area contributed by atoms with Crippen molar-refractivity contribution in [1.82, 2.24) is 0 Å². The van der Waals surface area contributed by atoms with Gasteiger partial charge in [-0.15, -0.1) is 11.8 Å². The quantitative estimate of drug-likeness (QED) is 0.866. The van der Waals surface area contributed by atoms with Gasteiger partial charge in [-0.05, 0) is 36.2 Å². The highest BCUT2D eigenvalue weighted by Gasteiger charge is 2.35. The summed E-state index contributed by atoms with van der Waals surface area (Å²) < 4.78 is 24.3. The minimum atomic E-state index is -3.16. The molecule has 0 aromatic heterocycles. The molecule has 0 fully saturated rings. The Kier molecular flexibility index (Phi) is 3.26. The number of anilines is 1. The van der Waals surface area contributed by atoms with E-state index in [2.05, 4.69) is 0 Å². The minimum absolute atomic E-state index is 0.0822. The summed E-state index contributed by atoms with van der Waals surface area (Å²) in [6.07, 6.45) is 0. The Hall–Kier alpha value is -1.46. The van der Waals surface area contributed by atoms with E-state index >= 15 is 0 Å². The second-order valence-corrected chi connectivity index (χ2v) is 8.21. The second kappa shape index (κ2) is 4.82. The Balaban J connectivity index is 1.97. The van der Waals surface area contributed by atoms with E-state index in [4.69, 9.17) is 5.73 Å². The van der Waals surface area contributed by atoms with E-state index in [0.717, 1.165) is 16.0 Å². The van der Waals surface area contributed by atoms with Crippen LogP contribution in [0.1, 0.15) is 16.4 Å². The molecular formula is C15H15NO2S2. The van der Waals surface area contributed by atoms with Crippen LogP contribution in [0.5, 0.6) is 0 Å². The average molecular weight is 305 g/mol. The lowest BCUT2D eigenvalue weighted by molar-refractivity contribution is 0.600. The summed E-state index contributed by atoms with van der Waals surface area (Å²) in [6.45, 7) is 1.99. The van der Waals surface area contributed by atoms with Gasteiger partial charge >= 0.3 is 0 Å². The van der Waals surface area contributed by atoms with Gasteiger partial charge in [-0.25, -0.2) is 8.42 Å². The molecule has 1 unspecified atom stereocenters. The number of hydrogen-bond donors (Lipinski definition) is 1. The molecule has 1 aliphatic rings. The zero-order valence-corrected chi connectivity index (χ0v) is 12.7. The molecule has 0 aliphatic carbocycles. The zero-order chi connectivity index (χ0) is 14.3. The number of sulfone groups is 1. The molecule has 1 heterocycles. The summed E-state index contributed by atoms with van der Waals surface area (Å²) in [6, 6.07) is 13.1. The van der Waals surface area contributed by atoms with Crippen molar-refractivity contribution in [3.8, 4) is 0 Å². The van der Waals surface area contributed by atoms with Gasteiger partial charge in [-0.3, -0.25) is 0 Å². The number of fused-ring (bicyclic) bond motifs is 1. The fourth-order valence-corrected chi connectivity index (χ4v) is 5.91. The van der Waals surface area contributed by atoms with E-state index in [1.807, 2.05) is 37.3 Å². The average Bonchev–Trinajstić information content (AvgIpc) is 2.65. The smallest absolute Gasteiger partial charge is 0.180 e. The first kappa shape index (κ1) is 13.5. The molecule has 104 valence electrons. The molecule has 2 N–H and O–H groups in total. The SMILES string of the molecule is Cc1ccc(SC2CS(=O)(=O)c3ccccc32)c(N)c1. The van der Waals surface area contributed by atoms with Crippen molar-refractivity contribution in [3.63, 3.8) is 0 Å². The number of rotatable bonds is 2. The third-order valence-electron chi connectivity index (χ3n) is 3.41. The Morgan fingerprint density at radius 2 is 1.95 bits per heavy atom. The van der Waals surface area contributed by atoms with E-state index in [1.54, 1.807) is 12.1 Å². The van der Waals surface area contributed by atoms with Crippen LogP contribution >= 0.6 is 11.8 Å². The maximum absolute atomic E-state index is 12.1. The van der Waals surface area contributed by atoms with E-state index in [0.29, 0.717) is 10.6 Å². The van der Waals surface area contributed by atoms with Gasteiger partial charge in [0.05, 0.1) is 15.9 Å². The molecule has 5 heteroatoms. The number of hydrogen-bond acceptors (Lipinski definition) is 4. The van der Waals surface area contributed by atoms with Crippen molar-refractivity contribution in [3.05, 3.63) is 53.6 Å². The van der Waals surface area contributed by atoms with Crippen molar-refractivity contribution in [2.45, 2.75) is 22.0 Å². The zero-order valence-electron chi connectivity index (χ0n) is 11.0. The third-order valence-corrected chi connectivity index (χ3v) is 6.76. The first-order valence-corrected chi connectivity index (χ1v) is 8.85. The van der Waals surface area contributed by atoms with Crippen LogP contribution in [0.2, 0.25) is 0 Å². The molecule has 0 radical (unpaired) electrons. The van der Waals surface area contributed by atoms with Gasteiger partial charge in [-0.1, -0.05) is 24.3 Å². The highest BCUT2D eigenvalue weighted by molar-refractivity contribution is 8.01. The third kappa shape index (κ3) is 2.31. The number of nitrogen functional groups attached to an aromatic ring is 1. The maximum atomic E-state index is 12.1. The molecule has 3 rings (SSSR count). The molecule has 0 saturated heterocycles. The summed E-state index contributed by atoms with van der Waals surface area (Å²) >= 11 is 1.53. The molecule has 0 saturated carbocycles. The van der Waals surface area contributed by atoms with Crippen LogP contribution < -0.4 is 5.73 Å². The maximum Gasteiger partial charge on any atom is 0.180 e. The van der Waals surface area contributed by atoms with Crippen molar-refractivity contribution >= 4 is 27.3 Å². The number of benzene rings is 2. The lowest BCUT2D eigenvalue weighted by Gasteiger charge is -2.12. The minimum Gasteiger partial charge on any atom is -0.398 e. The Labute approximate surface area is 123 Å². The number of thioether (sulfide) groups is 1. The van der Waals surface area contributed by atoms with Gasteiger partial charge in [0.25, 0.3) is 0 Å². The molecule has 0 amide bonds. The van der Waals surface area contributed by atoms with Crippen LogP contribution in [0.25, 0.3) is 0 Å². The Morgan fingerprint density at radius 1 is 1.20 bits per heavy atom. The normalized spacial score (nSPS) is 19.8. The van der Waals surface area contributed by atoms with Gasteiger partial charge in [0, 0.05) is 10.6 Å². The van der Waals surface area contributed by atoms with Crippen molar-refractivity contribution < 1.29 is 8.42 Å². The molecule has 2 aromatic rings. The summed E-state index contributed by atoms with van der Waals surface area (Å²) in [5, 5.41) is -0.0822. The van der Waals surface area contributed by atoms with Crippen molar-refractivity contribution in [1.29, 1.82) is 0 Å². The fourth-order valence-electron chi connectivity index (χ4n) is 2.43. The first-order chi connectivity index (χ1) is 9.47. The molecule has 1 atom stereocenters. The Bertz CT molecular complexity index is 769. The molecule has 20 heavy (non-hydrogen) atoms. The second-order valence-electron chi connectivity index (χ2n) is 4.97. The highest BCUT2D eigenvalue weighted by atomic mass is 32.2. The predicted octanol–water partition coefficient (Wildman–Crippen LogP) is 3.20. The highest BCUT2D eigenvalue weighted by Crippen LogP contribution is 2.46. The Morgan fingerprint density at radius 3 is 2.70 bits per heavy atom. The van der Waals surface area contributed by atoms with Crippen LogP contribution in [-0.2, 0) is 9.84 Å². The fraction of sp³-hybridized carbons (Fsp3) is 0.200. The number of nitrogens with two attached hydrogens (primary N) is 1. The molecule has 3 nitrogen and oxygen atoms in total. The summed E-state index contributed by atoms with van der Waals surface area (Å²) in [7, 11) is -3.16. The van der Waals surface area contributed by atoms with Gasteiger partial charge in [0.2, 0.25) is 0 Å². The first-order valence-electron chi connectivity index (χ1n) is 6.32. The van der Waals surface area contributed by atoms with Gasteiger partial charge in [0.1, 0.15) is 0 Å². The summed E-state index contributed by atoms with van der Waals surface area (Å²) in [5.74, 6) is 0.143. The van der Waals surface area contributed by atoms with Gasteiger partial charge in [0.15, 0.2) is 9.84 Å². The molecular weight excluding hydrogens is 290 g/mol. The monoisotopic (exact) mass is 305 g/mol. The lowest BCUT2D eigenvalue weighted by atomic mass is 10.2. The van der Waals surface area contributed by atoms with Gasteiger partial charge < -0.3 is 5.73 Å². The van der Waals surface area contributed by atoms with E-state index in [9.17, 15) is 8.42 Å². The predicted molar refractivity (Wildman–Crippen MR) is 82.7 cm³/mol. The molecule has 2 aromatic carbocycles. The van der Waals surface area contributed by atoms with Crippen molar-refractivity contribution in [2.24, 2.45) is 0 Å². The van der Waals surface area contributed by atoms with Crippen LogP contribution in [0.4, 0.5) is 5.69 Å². The molecule has 0 spiro atoms. The van der Waals surface area contributed by atoms with E-state index < -0.39 is 9.84 Å². The largest absolute Gasteiger partial charge is 0.398 e. The molecule has 1 aliphatic heterocycles. The van der Waals surface area contributed by atoms with E-state index in [1.165, 1.54) is 11.8 Å². The summed E-state index contributed by atoms with van der Waals surface area (Å²) in [5.41, 5.74) is 8.71. The molecule has 0 bridgehead atoms. The lowest BCUT2D eigenvalue weighted by Crippen LogP contribution is -2.01. The topological polar surface area (TPSA) is 60.2 Å². The summed E-state index contributed by atoms with van der Waals surface area (Å²) in [4.78, 5) is 1.40. The van der Waals surface area contributed by atoms with E-state index in [-0.39, 0.29) is 11.0 Å². The van der Waals surface area contributed by atoms with Crippen molar-refractivity contribution in [2.75, 3.05) is 11.5 Å². The van der Waals surface area contributed by atoms with Crippen LogP contribution in [0.15, 0.2) is 52.3 Å². The van der Waals surface area contributed by atoms with Crippen LogP contribution in [-0.4, -0.2) is 14.2 Å². The standard InChI is InChI=1S/C15H15NO2S2/c1-10-6-7-13(12(16)8-10)19-14-9-20(17,18)15-5-3-2-4-11(14)15/h2-8,14H,9,16H2,1H3.